The maximum atomic E-state index is 13.4. The molecule has 0 aliphatic rings. The van der Waals surface area contributed by atoms with Gasteiger partial charge in [0.15, 0.2) is 0 Å². The monoisotopic (exact) mass is 380 g/mol. The number of hydrogen-bond acceptors (Lipinski definition) is 4. The van der Waals surface area contributed by atoms with Crippen molar-refractivity contribution < 1.29 is 28.3 Å². The number of nitro groups is 1. The highest BCUT2D eigenvalue weighted by Crippen LogP contribution is 2.42. The molecule has 0 aliphatic carbocycles. The summed E-state index contributed by atoms with van der Waals surface area (Å²) in [5.74, 6) is 0. The number of nitrogens with zero attached hydrogens (tertiary/aromatic N) is 2. The van der Waals surface area contributed by atoms with Crippen LogP contribution in [0.25, 0.3) is 10.9 Å². The first kappa shape index (κ1) is 18.9. The molecule has 0 saturated carbocycles. The predicted octanol–water partition coefficient (Wildman–Crippen LogP) is 3.34. The largest absolute Gasteiger partial charge is 0.423 e. The minimum atomic E-state index is -5.13. The van der Waals surface area contributed by atoms with Gasteiger partial charge in [0, 0.05) is 35.8 Å². The Morgan fingerprint density at radius 2 is 1.78 bits per heavy atom. The van der Waals surface area contributed by atoms with Gasteiger partial charge in [-0.1, -0.05) is 30.3 Å². The highest BCUT2D eigenvalue weighted by atomic mass is 19.4. The number of aliphatic hydroxyl groups is 2. The Balaban J connectivity index is 2.25. The zero-order valence-corrected chi connectivity index (χ0v) is 13.8. The highest BCUT2D eigenvalue weighted by molar-refractivity contribution is 5.87. The maximum Gasteiger partial charge on any atom is 0.423 e. The van der Waals surface area contributed by atoms with Crippen LogP contribution < -0.4 is 0 Å². The summed E-state index contributed by atoms with van der Waals surface area (Å²) >= 11 is 0. The van der Waals surface area contributed by atoms with Crippen LogP contribution >= 0.6 is 0 Å². The predicted molar refractivity (Wildman–Crippen MR) is 91.2 cm³/mol. The number of benzene rings is 2. The average molecular weight is 380 g/mol. The standard InChI is InChI=1S/C18H15F3N2O4/c19-18(20,21)17(25,11-24)15-10-22(9-12-4-2-1-3-5-12)16-8-13(23(26)27)6-7-14(15)16/h1-8,10,24-25H,9,11H2. The summed E-state index contributed by atoms with van der Waals surface area (Å²) in [6.45, 7) is -1.43. The second-order valence-corrected chi connectivity index (χ2v) is 6.13. The van der Waals surface area contributed by atoms with Gasteiger partial charge in [-0.05, 0) is 11.6 Å². The van der Waals surface area contributed by atoms with Gasteiger partial charge in [-0.25, -0.2) is 0 Å². The summed E-state index contributed by atoms with van der Waals surface area (Å²) in [6.07, 6.45) is -4.06. The number of rotatable bonds is 5. The Hall–Kier alpha value is -2.91. The van der Waals surface area contributed by atoms with Gasteiger partial charge in [-0.15, -0.1) is 0 Å². The Morgan fingerprint density at radius 1 is 1.11 bits per heavy atom. The zero-order chi connectivity index (χ0) is 19.8. The Kier molecular flexibility index (Phi) is 4.66. The average Bonchev–Trinajstić information content (AvgIpc) is 2.99. The van der Waals surface area contributed by atoms with Crippen LogP contribution in [0.2, 0.25) is 0 Å². The van der Waals surface area contributed by atoms with E-state index in [-0.39, 0.29) is 23.1 Å². The number of nitro benzene ring substituents is 1. The van der Waals surface area contributed by atoms with E-state index in [1.807, 2.05) is 0 Å². The Morgan fingerprint density at radius 3 is 2.33 bits per heavy atom. The lowest BCUT2D eigenvalue weighted by Crippen LogP contribution is -2.45. The molecule has 1 aromatic heterocycles. The Labute approximate surface area is 151 Å². The van der Waals surface area contributed by atoms with Gasteiger partial charge >= 0.3 is 6.18 Å². The van der Waals surface area contributed by atoms with Crippen molar-refractivity contribution in [2.24, 2.45) is 0 Å². The van der Waals surface area contributed by atoms with Gasteiger partial charge in [0.1, 0.15) is 0 Å². The highest BCUT2D eigenvalue weighted by Gasteiger charge is 2.56. The van der Waals surface area contributed by atoms with Crippen molar-refractivity contribution in [3.8, 4) is 0 Å². The van der Waals surface area contributed by atoms with Crippen molar-refractivity contribution in [2.75, 3.05) is 6.61 Å². The number of halogens is 3. The fraction of sp³-hybridized carbons (Fsp3) is 0.222. The van der Waals surface area contributed by atoms with E-state index in [0.717, 1.165) is 30.0 Å². The van der Waals surface area contributed by atoms with E-state index in [4.69, 9.17) is 0 Å². The minimum Gasteiger partial charge on any atom is -0.393 e. The molecule has 9 heteroatoms. The van der Waals surface area contributed by atoms with E-state index < -0.39 is 28.9 Å². The zero-order valence-electron chi connectivity index (χ0n) is 13.8. The number of fused-ring (bicyclic) bond motifs is 1. The molecule has 3 aromatic rings. The summed E-state index contributed by atoms with van der Waals surface area (Å²) in [7, 11) is 0. The molecule has 6 nitrogen and oxygen atoms in total. The molecule has 0 bridgehead atoms. The molecule has 1 atom stereocenters. The van der Waals surface area contributed by atoms with Gasteiger partial charge in [0.05, 0.1) is 17.0 Å². The summed E-state index contributed by atoms with van der Waals surface area (Å²) < 4.78 is 41.7. The molecule has 0 amide bonds. The van der Waals surface area contributed by atoms with Gasteiger partial charge in [-0.2, -0.15) is 13.2 Å². The molecular formula is C18H15F3N2O4. The number of hydrogen-bond donors (Lipinski definition) is 2. The first-order chi connectivity index (χ1) is 12.7. The summed E-state index contributed by atoms with van der Waals surface area (Å²) in [6, 6.07) is 12.2. The van der Waals surface area contributed by atoms with Crippen LogP contribution in [-0.4, -0.2) is 32.5 Å². The maximum absolute atomic E-state index is 13.4. The molecule has 2 N–H and O–H groups in total. The van der Waals surface area contributed by atoms with Gasteiger partial charge < -0.3 is 14.8 Å². The van der Waals surface area contributed by atoms with Crippen molar-refractivity contribution in [1.29, 1.82) is 0 Å². The molecule has 0 spiro atoms. The SMILES string of the molecule is O=[N+]([O-])c1ccc2c(C(O)(CO)C(F)(F)F)cn(Cc3ccccc3)c2c1. The van der Waals surface area contributed by atoms with Gasteiger partial charge in [-0.3, -0.25) is 10.1 Å². The quantitative estimate of drug-likeness (QED) is 0.525. The lowest BCUT2D eigenvalue weighted by molar-refractivity contribution is -0.384. The van der Waals surface area contributed by atoms with E-state index in [1.54, 1.807) is 30.3 Å². The molecule has 27 heavy (non-hydrogen) atoms. The van der Waals surface area contributed by atoms with Gasteiger partial charge in [0.2, 0.25) is 5.60 Å². The van der Waals surface area contributed by atoms with E-state index >= 15 is 0 Å². The summed E-state index contributed by atoms with van der Waals surface area (Å²) in [5, 5.41) is 30.5. The van der Waals surface area contributed by atoms with Crippen LogP contribution in [0.4, 0.5) is 18.9 Å². The van der Waals surface area contributed by atoms with Crippen LogP contribution in [0.3, 0.4) is 0 Å². The van der Waals surface area contributed by atoms with Crippen LogP contribution in [0.5, 0.6) is 0 Å². The number of alkyl halides is 3. The number of non-ortho nitro benzene ring substituents is 1. The van der Waals surface area contributed by atoms with Crippen LogP contribution in [0.1, 0.15) is 11.1 Å². The molecule has 0 aliphatic heterocycles. The smallest absolute Gasteiger partial charge is 0.393 e. The van der Waals surface area contributed by atoms with Crippen molar-refractivity contribution >= 4 is 16.6 Å². The van der Waals surface area contributed by atoms with Crippen LogP contribution in [0.15, 0.2) is 54.7 Å². The van der Waals surface area contributed by atoms with E-state index in [2.05, 4.69) is 0 Å². The minimum absolute atomic E-state index is 0.0228. The van der Waals surface area contributed by atoms with Crippen molar-refractivity contribution in [3.63, 3.8) is 0 Å². The van der Waals surface area contributed by atoms with Crippen LogP contribution in [-0.2, 0) is 12.1 Å². The second kappa shape index (κ2) is 6.67. The molecule has 0 radical (unpaired) electrons. The van der Waals surface area contributed by atoms with Crippen molar-refractivity contribution in [2.45, 2.75) is 18.3 Å². The molecular weight excluding hydrogens is 365 g/mol. The van der Waals surface area contributed by atoms with Gasteiger partial charge in [0.25, 0.3) is 5.69 Å². The molecule has 0 saturated heterocycles. The molecule has 0 fully saturated rings. The molecule has 3 rings (SSSR count). The van der Waals surface area contributed by atoms with E-state index in [0.29, 0.717) is 0 Å². The number of aromatic nitrogens is 1. The molecule has 142 valence electrons. The van der Waals surface area contributed by atoms with Crippen LogP contribution in [0, 0.1) is 10.1 Å². The van der Waals surface area contributed by atoms with Crippen molar-refractivity contribution in [3.05, 3.63) is 76.0 Å². The van der Waals surface area contributed by atoms with E-state index in [9.17, 15) is 33.5 Å². The second-order valence-electron chi connectivity index (χ2n) is 6.13. The first-order valence-electron chi connectivity index (χ1n) is 7.89. The lowest BCUT2D eigenvalue weighted by Gasteiger charge is -2.28. The molecule has 2 aromatic carbocycles. The molecule has 1 heterocycles. The fourth-order valence-corrected chi connectivity index (χ4v) is 2.96. The summed E-state index contributed by atoms with van der Waals surface area (Å²) in [4.78, 5) is 10.4. The third kappa shape index (κ3) is 3.26. The van der Waals surface area contributed by atoms with Crippen molar-refractivity contribution in [1.82, 2.24) is 4.57 Å². The third-order valence-corrected chi connectivity index (χ3v) is 4.42. The topological polar surface area (TPSA) is 88.5 Å². The first-order valence-corrected chi connectivity index (χ1v) is 7.89. The third-order valence-electron chi connectivity index (χ3n) is 4.42. The molecule has 1 unspecified atom stereocenters. The normalized spacial score (nSPS) is 14.3. The lowest BCUT2D eigenvalue weighted by atomic mass is 9.93. The fourth-order valence-electron chi connectivity index (χ4n) is 2.96. The summed E-state index contributed by atoms with van der Waals surface area (Å²) in [5.41, 5.74) is -3.42. The number of aliphatic hydroxyl groups excluding tert-OH is 1. The van der Waals surface area contributed by atoms with E-state index in [1.165, 1.54) is 4.57 Å². The Bertz CT molecular complexity index is 985.